The number of benzene rings is 2. The molecule has 0 fully saturated rings. The van der Waals surface area contributed by atoms with Gasteiger partial charge in [0.15, 0.2) is 0 Å². The Labute approximate surface area is 119 Å². The first kappa shape index (κ1) is 14.6. The van der Waals surface area contributed by atoms with E-state index >= 15 is 0 Å². The Morgan fingerprint density at radius 1 is 0.952 bits per heavy atom. The van der Waals surface area contributed by atoms with E-state index in [2.05, 4.69) is 10.6 Å². The van der Waals surface area contributed by atoms with Crippen molar-refractivity contribution in [3.63, 3.8) is 0 Å². The summed E-state index contributed by atoms with van der Waals surface area (Å²) in [5, 5.41) is 4.41. The van der Waals surface area contributed by atoms with E-state index in [4.69, 9.17) is 0 Å². The topological polar surface area (TPSA) is 58.2 Å². The fourth-order valence-electron chi connectivity index (χ4n) is 1.73. The Hall–Kier alpha value is -2.76. The quantitative estimate of drug-likeness (QED) is 0.913. The van der Waals surface area contributed by atoms with Crippen LogP contribution in [0.1, 0.15) is 5.56 Å². The third-order valence-electron chi connectivity index (χ3n) is 2.59. The predicted molar refractivity (Wildman–Crippen MR) is 73.7 cm³/mol. The molecule has 2 N–H and O–H groups in total. The lowest BCUT2D eigenvalue weighted by Gasteiger charge is -2.07. The Balaban J connectivity index is 1.89. The number of hydrogen-bond donors (Lipinski definition) is 2. The van der Waals surface area contributed by atoms with Gasteiger partial charge in [-0.3, -0.25) is 10.1 Å². The smallest absolute Gasteiger partial charge is 0.308 e. The van der Waals surface area contributed by atoms with E-state index in [0.29, 0.717) is 5.56 Å². The van der Waals surface area contributed by atoms with Gasteiger partial charge in [-0.2, -0.15) is 0 Å². The molecule has 0 atom stereocenters. The van der Waals surface area contributed by atoms with Crippen LogP contribution in [0.2, 0.25) is 0 Å². The number of carbonyl (C=O) groups is 2. The van der Waals surface area contributed by atoms with Crippen LogP contribution in [0, 0.1) is 11.6 Å². The first-order chi connectivity index (χ1) is 10.0. The van der Waals surface area contributed by atoms with Crippen LogP contribution in [-0.4, -0.2) is 11.9 Å². The molecule has 0 heterocycles. The summed E-state index contributed by atoms with van der Waals surface area (Å²) in [5.41, 5.74) is 0.678. The van der Waals surface area contributed by atoms with Crippen molar-refractivity contribution in [3.05, 3.63) is 65.7 Å². The van der Waals surface area contributed by atoms with E-state index in [1.165, 1.54) is 36.4 Å². The Kier molecular flexibility index (Phi) is 4.61. The van der Waals surface area contributed by atoms with Crippen LogP contribution < -0.4 is 10.6 Å². The summed E-state index contributed by atoms with van der Waals surface area (Å²) >= 11 is 0. The lowest BCUT2D eigenvalue weighted by atomic mass is 10.1. The summed E-state index contributed by atoms with van der Waals surface area (Å²) in [6.07, 6.45) is -0.131. The lowest BCUT2D eigenvalue weighted by molar-refractivity contribution is -0.119. The van der Waals surface area contributed by atoms with Crippen LogP contribution in [-0.2, 0) is 11.2 Å². The third-order valence-corrected chi connectivity index (χ3v) is 2.59. The van der Waals surface area contributed by atoms with Gasteiger partial charge in [0.2, 0.25) is 5.91 Å². The fourth-order valence-corrected chi connectivity index (χ4v) is 1.73. The van der Waals surface area contributed by atoms with Crippen LogP contribution >= 0.6 is 0 Å². The predicted octanol–water partition coefficient (Wildman–Crippen LogP) is 2.86. The summed E-state index contributed by atoms with van der Waals surface area (Å²) in [5.74, 6) is -1.54. The highest BCUT2D eigenvalue weighted by Crippen LogP contribution is 2.09. The summed E-state index contributed by atoms with van der Waals surface area (Å²) in [7, 11) is 0. The highest BCUT2D eigenvalue weighted by molar-refractivity contribution is 6.01. The lowest BCUT2D eigenvalue weighted by Crippen LogP contribution is -2.35. The van der Waals surface area contributed by atoms with Gasteiger partial charge < -0.3 is 5.32 Å². The molecule has 0 saturated carbocycles. The van der Waals surface area contributed by atoms with Gasteiger partial charge in [0.1, 0.15) is 11.6 Å². The number of carbonyl (C=O) groups excluding carboxylic acids is 2. The van der Waals surface area contributed by atoms with Crippen molar-refractivity contribution < 1.29 is 18.4 Å². The molecule has 0 unspecified atom stereocenters. The molecule has 6 heteroatoms. The van der Waals surface area contributed by atoms with Crippen molar-refractivity contribution in [2.24, 2.45) is 0 Å². The van der Waals surface area contributed by atoms with Crippen LogP contribution in [0.25, 0.3) is 0 Å². The van der Waals surface area contributed by atoms with Crippen LogP contribution in [0.5, 0.6) is 0 Å². The van der Waals surface area contributed by atoms with Gasteiger partial charge >= 0.3 is 6.03 Å². The van der Waals surface area contributed by atoms with Gasteiger partial charge in [-0.25, -0.2) is 13.6 Å². The SMILES string of the molecule is O=C(Cc1cccc(F)c1)NC(=O)Nc1cccc(F)c1. The molecule has 0 bridgehead atoms. The molecule has 0 aliphatic carbocycles. The zero-order chi connectivity index (χ0) is 15.2. The maximum absolute atomic E-state index is 13.0. The molecule has 0 saturated heterocycles. The van der Waals surface area contributed by atoms with E-state index in [0.717, 1.165) is 6.07 Å². The van der Waals surface area contributed by atoms with Crippen LogP contribution in [0.3, 0.4) is 0 Å². The molecule has 4 nitrogen and oxygen atoms in total. The van der Waals surface area contributed by atoms with Gasteiger partial charge in [0.25, 0.3) is 0 Å². The van der Waals surface area contributed by atoms with E-state index in [9.17, 15) is 18.4 Å². The normalized spacial score (nSPS) is 10.0. The van der Waals surface area contributed by atoms with Gasteiger partial charge in [-0.15, -0.1) is 0 Å². The van der Waals surface area contributed by atoms with E-state index in [-0.39, 0.29) is 12.1 Å². The molecule has 3 amide bonds. The zero-order valence-corrected chi connectivity index (χ0v) is 10.9. The number of amides is 3. The van der Waals surface area contributed by atoms with E-state index in [1.54, 1.807) is 6.07 Å². The first-order valence-corrected chi connectivity index (χ1v) is 6.14. The zero-order valence-electron chi connectivity index (χ0n) is 10.9. The first-order valence-electron chi connectivity index (χ1n) is 6.14. The second kappa shape index (κ2) is 6.60. The number of nitrogens with one attached hydrogen (secondary N) is 2. The van der Waals surface area contributed by atoms with Crippen molar-refractivity contribution in [2.45, 2.75) is 6.42 Å². The highest BCUT2D eigenvalue weighted by Gasteiger charge is 2.09. The molecule has 0 aliphatic heterocycles. The molecule has 2 aromatic rings. The van der Waals surface area contributed by atoms with Gasteiger partial charge in [-0.1, -0.05) is 18.2 Å². The van der Waals surface area contributed by atoms with Gasteiger partial charge in [-0.05, 0) is 35.9 Å². The molecule has 0 aliphatic rings. The van der Waals surface area contributed by atoms with Crippen molar-refractivity contribution in [2.75, 3.05) is 5.32 Å². The largest absolute Gasteiger partial charge is 0.325 e. The van der Waals surface area contributed by atoms with Crippen molar-refractivity contribution in [1.82, 2.24) is 5.32 Å². The van der Waals surface area contributed by atoms with Gasteiger partial charge in [0, 0.05) is 5.69 Å². The third kappa shape index (κ3) is 4.68. The van der Waals surface area contributed by atoms with Crippen molar-refractivity contribution >= 4 is 17.6 Å². The maximum Gasteiger partial charge on any atom is 0.325 e. The molecular weight excluding hydrogens is 278 g/mol. The Morgan fingerprint density at radius 2 is 1.62 bits per heavy atom. The molecule has 2 rings (SSSR count). The standard InChI is InChI=1S/C15H12F2N2O2/c16-11-4-1-3-10(7-11)8-14(20)19-15(21)18-13-6-2-5-12(17)9-13/h1-7,9H,8H2,(H2,18,19,20,21). The van der Waals surface area contributed by atoms with Crippen LogP contribution in [0.15, 0.2) is 48.5 Å². The molecular formula is C15H12F2N2O2. The monoisotopic (exact) mass is 290 g/mol. The fraction of sp³-hybridized carbons (Fsp3) is 0.0667. The average molecular weight is 290 g/mol. The minimum Gasteiger partial charge on any atom is -0.308 e. The second-order valence-corrected chi connectivity index (χ2v) is 4.32. The minimum atomic E-state index is -0.776. The molecule has 2 aromatic carbocycles. The number of hydrogen-bond acceptors (Lipinski definition) is 2. The number of anilines is 1. The van der Waals surface area contributed by atoms with E-state index in [1.807, 2.05) is 0 Å². The molecule has 21 heavy (non-hydrogen) atoms. The van der Waals surface area contributed by atoms with Crippen molar-refractivity contribution in [1.29, 1.82) is 0 Å². The molecule has 0 radical (unpaired) electrons. The average Bonchev–Trinajstić information content (AvgIpc) is 2.38. The minimum absolute atomic E-state index is 0.131. The maximum atomic E-state index is 13.0. The molecule has 0 spiro atoms. The Bertz CT molecular complexity index is 617. The summed E-state index contributed by atoms with van der Waals surface area (Å²) in [4.78, 5) is 23.2. The summed E-state index contributed by atoms with van der Waals surface area (Å²) in [6.45, 7) is 0. The number of halogens is 2. The van der Waals surface area contributed by atoms with Gasteiger partial charge in [0.05, 0.1) is 6.42 Å². The molecule has 0 aromatic heterocycles. The molecule has 108 valence electrons. The number of urea groups is 1. The second-order valence-electron chi connectivity index (χ2n) is 4.32. The van der Waals surface area contributed by atoms with E-state index < -0.39 is 23.6 Å². The highest BCUT2D eigenvalue weighted by atomic mass is 19.1. The van der Waals surface area contributed by atoms with Crippen molar-refractivity contribution in [3.8, 4) is 0 Å². The van der Waals surface area contributed by atoms with Crippen LogP contribution in [0.4, 0.5) is 19.3 Å². The Morgan fingerprint density at radius 3 is 2.29 bits per heavy atom. The number of rotatable bonds is 3. The number of imide groups is 1. The summed E-state index contributed by atoms with van der Waals surface area (Å²) in [6, 6.07) is 10.0. The summed E-state index contributed by atoms with van der Waals surface area (Å²) < 4.78 is 25.9.